The molecule has 0 radical (unpaired) electrons. The second-order valence-electron chi connectivity index (χ2n) is 4.82. The Labute approximate surface area is 135 Å². The van der Waals surface area contributed by atoms with Gasteiger partial charge in [-0.25, -0.2) is 4.79 Å². The Morgan fingerprint density at radius 2 is 1.96 bits per heavy atom. The molecule has 0 unspecified atom stereocenters. The molecule has 8 nitrogen and oxygen atoms in total. The minimum Gasteiger partial charge on any atom is -0.493 e. The fourth-order valence-electron chi connectivity index (χ4n) is 2.25. The van der Waals surface area contributed by atoms with E-state index in [9.17, 15) is 19.2 Å². The third kappa shape index (κ3) is 3.27. The molecular formula is C16H15NO7. The molecule has 8 heteroatoms. The van der Waals surface area contributed by atoms with Gasteiger partial charge in [-0.3, -0.25) is 14.4 Å². The SMILES string of the molecule is CCOC(=O)c1cn(CC(=O)O)c2ccc(=O)c(OC)cc2c1=O. The van der Waals surface area contributed by atoms with Crippen LogP contribution in [0.1, 0.15) is 17.3 Å². The highest BCUT2D eigenvalue weighted by molar-refractivity contribution is 5.94. The van der Waals surface area contributed by atoms with Gasteiger partial charge in [0.05, 0.1) is 24.6 Å². The van der Waals surface area contributed by atoms with Crippen LogP contribution >= 0.6 is 0 Å². The molecule has 126 valence electrons. The molecule has 0 aliphatic carbocycles. The zero-order chi connectivity index (χ0) is 17.9. The Balaban J connectivity index is 2.93. The highest BCUT2D eigenvalue weighted by Gasteiger charge is 2.18. The second kappa shape index (κ2) is 6.95. The number of carboxylic acids is 1. The van der Waals surface area contributed by atoms with Gasteiger partial charge < -0.3 is 19.1 Å². The minimum absolute atomic E-state index is 0.0132. The van der Waals surface area contributed by atoms with Crippen molar-refractivity contribution in [2.24, 2.45) is 0 Å². The van der Waals surface area contributed by atoms with Crippen LogP contribution in [-0.2, 0) is 16.1 Å². The average molecular weight is 333 g/mol. The summed E-state index contributed by atoms with van der Waals surface area (Å²) in [4.78, 5) is 47.5. The summed E-state index contributed by atoms with van der Waals surface area (Å²) in [5, 5.41) is 9.03. The quantitative estimate of drug-likeness (QED) is 0.799. The van der Waals surface area contributed by atoms with Crippen LogP contribution in [0.15, 0.2) is 34.0 Å². The Morgan fingerprint density at radius 1 is 1.25 bits per heavy atom. The van der Waals surface area contributed by atoms with Crippen molar-refractivity contribution in [3.05, 3.63) is 50.4 Å². The van der Waals surface area contributed by atoms with E-state index in [1.165, 1.54) is 29.9 Å². The molecule has 0 bridgehead atoms. The normalized spacial score (nSPS) is 10.4. The highest BCUT2D eigenvalue weighted by atomic mass is 16.5. The molecule has 0 saturated carbocycles. The van der Waals surface area contributed by atoms with E-state index in [1.807, 2.05) is 0 Å². The van der Waals surface area contributed by atoms with E-state index in [2.05, 4.69) is 0 Å². The summed E-state index contributed by atoms with van der Waals surface area (Å²) in [6.45, 7) is 1.15. The first-order valence-corrected chi connectivity index (χ1v) is 7.03. The maximum Gasteiger partial charge on any atom is 0.343 e. The van der Waals surface area contributed by atoms with Crippen LogP contribution in [0, 0.1) is 0 Å². The molecule has 2 aromatic rings. The lowest BCUT2D eigenvalue weighted by molar-refractivity contribution is -0.137. The van der Waals surface area contributed by atoms with Crippen LogP contribution < -0.4 is 15.6 Å². The Kier molecular flexibility index (Phi) is 4.98. The molecule has 0 spiro atoms. The van der Waals surface area contributed by atoms with Crippen molar-refractivity contribution in [3.8, 4) is 5.75 Å². The summed E-state index contributed by atoms with van der Waals surface area (Å²) in [7, 11) is 1.27. The van der Waals surface area contributed by atoms with E-state index in [0.29, 0.717) is 0 Å². The number of esters is 1. The van der Waals surface area contributed by atoms with E-state index in [-0.39, 0.29) is 28.8 Å². The van der Waals surface area contributed by atoms with Crippen molar-refractivity contribution in [1.29, 1.82) is 0 Å². The van der Waals surface area contributed by atoms with Gasteiger partial charge in [-0.05, 0) is 25.1 Å². The third-order valence-corrected chi connectivity index (χ3v) is 3.29. The minimum atomic E-state index is -1.17. The predicted molar refractivity (Wildman–Crippen MR) is 84.6 cm³/mol. The molecule has 0 aliphatic heterocycles. The number of pyridine rings is 1. The van der Waals surface area contributed by atoms with E-state index in [1.54, 1.807) is 6.92 Å². The molecule has 0 saturated heterocycles. The Hall–Kier alpha value is -3.16. The molecule has 2 rings (SSSR count). The number of hydrogen-bond acceptors (Lipinski definition) is 6. The lowest BCUT2D eigenvalue weighted by Gasteiger charge is -2.10. The summed E-state index contributed by atoms with van der Waals surface area (Å²) in [6.07, 6.45) is 1.12. The topological polar surface area (TPSA) is 112 Å². The maximum absolute atomic E-state index is 12.6. The lowest BCUT2D eigenvalue weighted by atomic mass is 10.1. The molecule has 0 aliphatic rings. The van der Waals surface area contributed by atoms with E-state index < -0.39 is 29.3 Å². The van der Waals surface area contributed by atoms with Gasteiger partial charge in [0.25, 0.3) is 0 Å². The summed E-state index contributed by atoms with van der Waals surface area (Å²) in [5.41, 5.74) is -1.27. The number of carbonyl (C=O) groups excluding carboxylic acids is 1. The van der Waals surface area contributed by atoms with Gasteiger partial charge in [-0.2, -0.15) is 0 Å². The second-order valence-corrected chi connectivity index (χ2v) is 4.82. The monoisotopic (exact) mass is 333 g/mol. The zero-order valence-corrected chi connectivity index (χ0v) is 13.1. The Morgan fingerprint density at radius 3 is 2.54 bits per heavy atom. The van der Waals surface area contributed by atoms with Crippen molar-refractivity contribution < 1.29 is 24.2 Å². The van der Waals surface area contributed by atoms with Crippen molar-refractivity contribution in [2.45, 2.75) is 13.5 Å². The molecule has 0 amide bonds. The van der Waals surface area contributed by atoms with E-state index in [4.69, 9.17) is 14.6 Å². The van der Waals surface area contributed by atoms with Crippen molar-refractivity contribution >= 4 is 22.8 Å². The first-order valence-electron chi connectivity index (χ1n) is 7.03. The fourth-order valence-corrected chi connectivity index (χ4v) is 2.25. The largest absolute Gasteiger partial charge is 0.493 e. The molecule has 0 fully saturated rings. The van der Waals surface area contributed by atoms with Gasteiger partial charge in [-0.1, -0.05) is 0 Å². The lowest BCUT2D eigenvalue weighted by Crippen LogP contribution is -2.22. The van der Waals surface area contributed by atoms with Gasteiger partial charge in [0, 0.05) is 6.20 Å². The third-order valence-electron chi connectivity index (χ3n) is 3.29. The van der Waals surface area contributed by atoms with Gasteiger partial charge in [0.1, 0.15) is 12.1 Å². The summed E-state index contributed by atoms with van der Waals surface area (Å²) in [5.74, 6) is -2.13. The molecule has 1 N–H and O–H groups in total. The first kappa shape index (κ1) is 17.2. The van der Waals surface area contributed by atoms with Gasteiger partial charge in [0.2, 0.25) is 10.9 Å². The number of carbonyl (C=O) groups is 2. The molecule has 24 heavy (non-hydrogen) atoms. The number of rotatable bonds is 5. The first-order chi connectivity index (χ1) is 11.4. The zero-order valence-electron chi connectivity index (χ0n) is 13.1. The van der Waals surface area contributed by atoms with E-state index in [0.717, 1.165) is 6.20 Å². The van der Waals surface area contributed by atoms with Crippen LogP contribution in [0.25, 0.3) is 10.9 Å². The summed E-state index contributed by atoms with van der Waals surface area (Å²) in [6, 6.07) is 3.68. The smallest absolute Gasteiger partial charge is 0.343 e. The molecule has 0 atom stereocenters. The number of methoxy groups -OCH3 is 1. The van der Waals surface area contributed by atoms with Crippen LogP contribution in [0.4, 0.5) is 0 Å². The molecule has 1 aromatic carbocycles. The van der Waals surface area contributed by atoms with Crippen molar-refractivity contribution in [3.63, 3.8) is 0 Å². The molecular weight excluding hydrogens is 318 g/mol. The molecule has 1 aromatic heterocycles. The highest BCUT2D eigenvalue weighted by Crippen LogP contribution is 2.15. The maximum atomic E-state index is 12.6. The van der Waals surface area contributed by atoms with Crippen LogP contribution in [0.3, 0.4) is 0 Å². The predicted octanol–water partition coefficient (Wildman–Crippen LogP) is 0.632. The summed E-state index contributed by atoms with van der Waals surface area (Å²) < 4.78 is 11.0. The van der Waals surface area contributed by atoms with Gasteiger partial charge in [0.15, 0.2) is 5.75 Å². The number of nitrogens with zero attached hydrogens (tertiary/aromatic N) is 1. The number of fused-ring (bicyclic) bond motifs is 1. The van der Waals surface area contributed by atoms with Crippen LogP contribution in [0.2, 0.25) is 0 Å². The fraction of sp³-hybridized carbons (Fsp3) is 0.250. The van der Waals surface area contributed by atoms with Crippen molar-refractivity contribution in [2.75, 3.05) is 13.7 Å². The molecule has 1 heterocycles. The van der Waals surface area contributed by atoms with Crippen molar-refractivity contribution in [1.82, 2.24) is 4.57 Å². The van der Waals surface area contributed by atoms with Crippen LogP contribution in [-0.4, -0.2) is 35.3 Å². The number of ether oxygens (including phenoxy) is 2. The number of carboxylic acid groups (broad SMARTS) is 1. The standard InChI is InChI=1S/C16H15NO7/c1-3-24-16(22)10-7-17(8-14(19)20)11-4-5-12(18)13(23-2)6-9(11)15(10)21/h4-7H,3,8H2,1-2H3,(H,19,20). The number of aliphatic carboxylic acids is 1. The number of aromatic nitrogens is 1. The Bertz CT molecular complexity index is 930. The van der Waals surface area contributed by atoms with Gasteiger partial charge >= 0.3 is 11.9 Å². The van der Waals surface area contributed by atoms with Gasteiger partial charge in [-0.15, -0.1) is 0 Å². The average Bonchev–Trinajstić information content (AvgIpc) is 2.69. The van der Waals surface area contributed by atoms with Crippen LogP contribution in [0.5, 0.6) is 5.75 Å². The summed E-state index contributed by atoms with van der Waals surface area (Å²) >= 11 is 0. The van der Waals surface area contributed by atoms with E-state index >= 15 is 0 Å². The number of hydrogen-bond donors (Lipinski definition) is 1.